The van der Waals surface area contributed by atoms with E-state index in [0.29, 0.717) is 34.0 Å². The van der Waals surface area contributed by atoms with Crippen LogP contribution in [0, 0.1) is 6.92 Å². The number of rotatable bonds is 5. The van der Waals surface area contributed by atoms with Gasteiger partial charge in [-0.3, -0.25) is 9.69 Å². The molecule has 0 radical (unpaired) electrons. The van der Waals surface area contributed by atoms with Crippen molar-refractivity contribution in [3.63, 3.8) is 0 Å². The van der Waals surface area contributed by atoms with Crippen LogP contribution in [0.2, 0.25) is 5.02 Å². The maximum absolute atomic E-state index is 14.7. The zero-order chi connectivity index (χ0) is 28.2. The number of nitrogens with zero attached hydrogens (tertiary/aromatic N) is 1. The molecule has 1 amide bonds. The van der Waals surface area contributed by atoms with Crippen molar-refractivity contribution >= 4 is 28.9 Å². The molecule has 0 saturated heterocycles. The number of carbonyl (C=O) groups is 1. The molecule has 4 rings (SSSR count). The Morgan fingerprint density at radius 2 is 1.53 bits per heavy atom. The molecule has 11 heteroatoms. The fourth-order valence-corrected chi connectivity index (χ4v) is 4.90. The van der Waals surface area contributed by atoms with Crippen molar-refractivity contribution in [3.8, 4) is 0 Å². The molecule has 1 atom stereocenters. The normalized spacial score (nSPS) is 16.3. The molecule has 0 bridgehead atoms. The lowest BCUT2D eigenvalue weighted by Crippen LogP contribution is -2.50. The first-order valence-electron chi connectivity index (χ1n) is 11.5. The topological polar surface area (TPSA) is 32.3 Å². The predicted octanol–water partition coefficient (Wildman–Crippen LogP) is 8.83. The molecule has 1 aliphatic heterocycles. The number of alkyl halides is 7. The van der Waals surface area contributed by atoms with Crippen LogP contribution < -0.4 is 10.2 Å². The highest BCUT2D eigenvalue weighted by Gasteiger charge is 2.73. The molecule has 3 nitrogen and oxygen atoms in total. The lowest BCUT2D eigenvalue weighted by Gasteiger charge is -2.32. The van der Waals surface area contributed by atoms with Gasteiger partial charge in [-0.1, -0.05) is 55.8 Å². The van der Waals surface area contributed by atoms with Crippen molar-refractivity contribution < 1.29 is 35.5 Å². The molecule has 1 heterocycles. The molecule has 3 aromatic carbocycles. The summed E-state index contributed by atoms with van der Waals surface area (Å²) in [5, 5.41) is 3.77. The van der Waals surface area contributed by atoms with Crippen LogP contribution in [-0.2, 0) is 5.67 Å². The molecule has 1 aliphatic rings. The number of anilines is 2. The van der Waals surface area contributed by atoms with Crippen LogP contribution in [0.5, 0.6) is 0 Å². The van der Waals surface area contributed by atoms with Crippen LogP contribution in [0.4, 0.5) is 42.1 Å². The molecule has 0 saturated carbocycles. The summed E-state index contributed by atoms with van der Waals surface area (Å²) < 4.78 is 94.5. The second-order valence-corrected chi connectivity index (χ2v) is 9.76. The van der Waals surface area contributed by atoms with Gasteiger partial charge in [-0.15, -0.1) is 0 Å². The third-order valence-electron chi connectivity index (χ3n) is 6.52. The van der Waals surface area contributed by atoms with Crippen LogP contribution in [0.15, 0.2) is 60.7 Å². The second kappa shape index (κ2) is 9.48. The van der Waals surface area contributed by atoms with Gasteiger partial charge in [-0.25, -0.2) is 4.39 Å². The summed E-state index contributed by atoms with van der Waals surface area (Å²) in [7, 11) is 0. The summed E-state index contributed by atoms with van der Waals surface area (Å²) in [6.45, 7) is 5.12. The van der Waals surface area contributed by atoms with Gasteiger partial charge in [0, 0.05) is 33.1 Å². The number of amides is 1. The Bertz CT molecular complexity index is 1370. The van der Waals surface area contributed by atoms with E-state index >= 15 is 0 Å². The van der Waals surface area contributed by atoms with Gasteiger partial charge in [0.05, 0.1) is 0 Å². The van der Waals surface area contributed by atoms with Gasteiger partial charge < -0.3 is 5.32 Å². The van der Waals surface area contributed by atoms with Crippen molar-refractivity contribution in [2.45, 2.75) is 50.9 Å². The molecule has 0 aliphatic carbocycles. The van der Waals surface area contributed by atoms with Gasteiger partial charge in [-0.2, -0.15) is 26.3 Å². The van der Waals surface area contributed by atoms with Crippen molar-refractivity contribution in [1.82, 2.24) is 0 Å². The van der Waals surface area contributed by atoms with E-state index in [9.17, 15) is 35.5 Å². The first-order chi connectivity index (χ1) is 17.6. The Balaban J connectivity index is 1.81. The van der Waals surface area contributed by atoms with Gasteiger partial charge in [0.25, 0.3) is 5.91 Å². The highest BCUT2D eigenvalue weighted by molar-refractivity contribution is 6.31. The maximum atomic E-state index is 14.7. The average molecular weight is 559 g/mol. The molecule has 0 fully saturated rings. The number of carbonyl (C=O) groups excluding carboxylic acids is 1. The third kappa shape index (κ3) is 4.48. The van der Waals surface area contributed by atoms with Gasteiger partial charge in [0.2, 0.25) is 0 Å². The molecule has 3 aromatic rings. The predicted molar refractivity (Wildman–Crippen MR) is 131 cm³/mol. The quantitative estimate of drug-likeness (QED) is 0.317. The van der Waals surface area contributed by atoms with E-state index in [0.717, 1.165) is 11.6 Å². The molecule has 1 unspecified atom stereocenters. The molecule has 0 aromatic heterocycles. The zero-order valence-electron chi connectivity index (χ0n) is 20.3. The Labute approximate surface area is 219 Å². The molecular weight excluding hydrogens is 537 g/mol. The second-order valence-electron chi connectivity index (χ2n) is 9.36. The summed E-state index contributed by atoms with van der Waals surface area (Å²) in [4.78, 5) is 14.6. The minimum absolute atomic E-state index is 0.0252. The molecule has 0 spiro atoms. The van der Waals surface area contributed by atoms with Crippen LogP contribution in [-0.4, -0.2) is 18.3 Å². The van der Waals surface area contributed by atoms with E-state index in [1.807, 2.05) is 13.8 Å². The Hall–Kier alpha value is -3.27. The van der Waals surface area contributed by atoms with Crippen molar-refractivity contribution in [1.29, 1.82) is 0 Å². The van der Waals surface area contributed by atoms with E-state index in [2.05, 4.69) is 5.32 Å². The highest BCUT2D eigenvalue weighted by Crippen LogP contribution is 2.54. The SMILES string of the molecule is Cc1cc(C(F)(C(F)(F)F)C(F)(F)F)ccc1N1C(=O)c2ccccc2C1Nc1ccc(Cl)c(C(C)C)c1. The van der Waals surface area contributed by atoms with Crippen LogP contribution in [0.25, 0.3) is 0 Å². The molecule has 38 heavy (non-hydrogen) atoms. The highest BCUT2D eigenvalue weighted by atomic mass is 35.5. The first kappa shape index (κ1) is 27.8. The van der Waals surface area contributed by atoms with E-state index in [1.165, 1.54) is 11.8 Å². The van der Waals surface area contributed by atoms with Gasteiger partial charge >= 0.3 is 18.0 Å². The summed E-state index contributed by atoms with van der Waals surface area (Å²) in [6.07, 6.45) is -13.3. The summed E-state index contributed by atoms with van der Waals surface area (Å²) in [5.41, 5.74) is -5.04. The number of halogens is 8. The van der Waals surface area contributed by atoms with E-state index < -0.39 is 35.7 Å². The molecular formula is C27H22ClF7N2O. The molecule has 1 N–H and O–H groups in total. The zero-order valence-corrected chi connectivity index (χ0v) is 21.1. The number of hydrogen-bond donors (Lipinski definition) is 1. The number of fused-ring (bicyclic) bond motifs is 1. The molecule has 202 valence electrons. The Kier molecular flexibility index (Phi) is 6.93. The lowest BCUT2D eigenvalue weighted by molar-refractivity contribution is -0.348. The third-order valence-corrected chi connectivity index (χ3v) is 6.86. The fraction of sp³-hybridized carbons (Fsp3) is 0.296. The summed E-state index contributed by atoms with van der Waals surface area (Å²) in [5.74, 6) is -0.443. The first-order valence-corrected chi connectivity index (χ1v) is 11.9. The Morgan fingerprint density at radius 1 is 0.895 bits per heavy atom. The minimum atomic E-state index is -6.24. The van der Waals surface area contributed by atoms with Crippen LogP contribution in [0.3, 0.4) is 0 Å². The van der Waals surface area contributed by atoms with E-state index in [4.69, 9.17) is 11.6 Å². The number of aryl methyl sites for hydroxylation is 1. The number of nitrogens with one attached hydrogen (secondary N) is 1. The van der Waals surface area contributed by atoms with E-state index in [1.54, 1.807) is 42.5 Å². The van der Waals surface area contributed by atoms with Gasteiger partial charge in [0.15, 0.2) is 0 Å². The smallest absolute Gasteiger partial charge is 0.361 e. The van der Waals surface area contributed by atoms with E-state index in [-0.39, 0.29) is 17.2 Å². The maximum Gasteiger partial charge on any atom is 0.435 e. The van der Waals surface area contributed by atoms with Crippen molar-refractivity contribution in [3.05, 3.63) is 93.5 Å². The standard InChI is InChI=1S/C27H22ClF7N2O/c1-14(2)20-13-17(9-10-21(20)28)36-23-18-6-4-5-7-19(18)24(38)37(23)22-11-8-16(12-15(22)3)25(29,26(30,31)32)27(33,34)35/h4-14,23,36H,1-3H3. The lowest BCUT2D eigenvalue weighted by atomic mass is 9.92. The van der Waals surface area contributed by atoms with Gasteiger partial charge in [-0.05, 0) is 54.3 Å². The van der Waals surface area contributed by atoms with Crippen molar-refractivity contribution in [2.75, 3.05) is 10.2 Å². The summed E-state index contributed by atoms with van der Waals surface area (Å²) in [6, 6.07) is 13.6. The number of hydrogen-bond acceptors (Lipinski definition) is 2. The van der Waals surface area contributed by atoms with Crippen molar-refractivity contribution in [2.24, 2.45) is 0 Å². The van der Waals surface area contributed by atoms with Crippen LogP contribution >= 0.6 is 11.6 Å². The summed E-state index contributed by atoms with van der Waals surface area (Å²) >= 11 is 6.29. The van der Waals surface area contributed by atoms with Crippen LogP contribution in [0.1, 0.15) is 58.5 Å². The Morgan fingerprint density at radius 3 is 2.11 bits per heavy atom. The minimum Gasteiger partial charge on any atom is -0.361 e. The fourth-order valence-electron chi connectivity index (χ4n) is 4.57. The monoisotopic (exact) mass is 558 g/mol. The average Bonchev–Trinajstić information content (AvgIpc) is 3.09. The number of benzene rings is 3. The van der Waals surface area contributed by atoms with Gasteiger partial charge in [0.1, 0.15) is 6.17 Å². The largest absolute Gasteiger partial charge is 0.435 e.